The largest absolute Gasteiger partial charge is 0.486 e. The van der Waals surface area contributed by atoms with Crippen LogP contribution in [0, 0.1) is 0 Å². The van der Waals surface area contributed by atoms with Crippen LogP contribution in [0.4, 0.5) is 0 Å². The predicted octanol–water partition coefficient (Wildman–Crippen LogP) is 6.98. The van der Waals surface area contributed by atoms with Crippen LogP contribution in [0.3, 0.4) is 0 Å². The van der Waals surface area contributed by atoms with Gasteiger partial charge in [-0.1, -0.05) is 61.3 Å². The third-order valence-electron chi connectivity index (χ3n) is 6.42. The van der Waals surface area contributed by atoms with Crippen molar-refractivity contribution >= 4 is 11.6 Å². The van der Waals surface area contributed by atoms with Gasteiger partial charge in [-0.2, -0.15) is 0 Å². The molecule has 0 fully saturated rings. The van der Waals surface area contributed by atoms with Crippen LogP contribution >= 0.6 is 11.6 Å². The minimum Gasteiger partial charge on any atom is -0.486 e. The summed E-state index contributed by atoms with van der Waals surface area (Å²) in [4.78, 5) is 7.31. The normalized spacial score (nSPS) is 12.8. The Kier molecular flexibility index (Phi) is 7.89. The van der Waals surface area contributed by atoms with Gasteiger partial charge in [0.25, 0.3) is 0 Å². The van der Waals surface area contributed by atoms with Gasteiger partial charge in [0.2, 0.25) is 0 Å². The number of nitrogens with zero attached hydrogens (tertiary/aromatic N) is 3. The molecule has 0 saturated heterocycles. The molecule has 1 aliphatic rings. The number of fused-ring (bicyclic) bond motifs is 1. The van der Waals surface area contributed by atoms with E-state index in [1.165, 1.54) is 16.8 Å². The van der Waals surface area contributed by atoms with E-state index in [9.17, 15) is 0 Å². The van der Waals surface area contributed by atoms with Crippen molar-refractivity contribution in [2.24, 2.45) is 0 Å². The molecule has 1 aliphatic heterocycles. The molecule has 0 radical (unpaired) electrons. The fourth-order valence-electron chi connectivity index (χ4n) is 4.62. The Morgan fingerprint density at radius 2 is 1.61 bits per heavy atom. The van der Waals surface area contributed by atoms with Crippen molar-refractivity contribution in [1.82, 2.24) is 14.5 Å². The van der Waals surface area contributed by atoms with Crippen LogP contribution in [0.25, 0.3) is 11.4 Å². The van der Waals surface area contributed by atoms with Crippen molar-refractivity contribution < 1.29 is 9.47 Å². The van der Waals surface area contributed by atoms with Gasteiger partial charge in [0.05, 0.1) is 11.9 Å². The van der Waals surface area contributed by atoms with E-state index in [1.54, 1.807) is 0 Å². The number of ether oxygens (including phenoxy) is 2. The molecule has 36 heavy (non-hydrogen) atoms. The van der Waals surface area contributed by atoms with Gasteiger partial charge in [-0.25, -0.2) is 4.98 Å². The summed E-state index contributed by atoms with van der Waals surface area (Å²) in [7, 11) is 0. The second-order valence-electron chi connectivity index (χ2n) is 9.19. The third-order valence-corrected chi connectivity index (χ3v) is 6.68. The summed E-state index contributed by atoms with van der Waals surface area (Å²) < 4.78 is 13.9. The van der Waals surface area contributed by atoms with Crippen LogP contribution in [0.2, 0.25) is 5.02 Å². The Bertz CT molecular complexity index is 1270. The zero-order valence-electron chi connectivity index (χ0n) is 20.7. The topological polar surface area (TPSA) is 39.5 Å². The Morgan fingerprint density at radius 3 is 2.39 bits per heavy atom. The van der Waals surface area contributed by atoms with Crippen LogP contribution in [-0.4, -0.2) is 27.7 Å². The second kappa shape index (κ2) is 11.6. The van der Waals surface area contributed by atoms with E-state index < -0.39 is 0 Å². The molecule has 186 valence electrons. The number of hydrogen-bond donors (Lipinski definition) is 0. The molecule has 1 aromatic heterocycles. The van der Waals surface area contributed by atoms with Gasteiger partial charge in [0.1, 0.15) is 19.0 Å². The smallest absolute Gasteiger partial charge is 0.161 e. The number of unbranched alkanes of at least 4 members (excludes halogenated alkanes) is 1. The molecule has 6 heteroatoms. The third kappa shape index (κ3) is 5.92. The lowest BCUT2D eigenvalue weighted by atomic mass is 10.1. The van der Waals surface area contributed by atoms with Crippen molar-refractivity contribution in [2.45, 2.75) is 45.9 Å². The Morgan fingerprint density at radius 1 is 0.861 bits per heavy atom. The van der Waals surface area contributed by atoms with E-state index in [0.717, 1.165) is 66.9 Å². The van der Waals surface area contributed by atoms with E-state index in [-0.39, 0.29) is 0 Å². The number of rotatable bonds is 10. The van der Waals surface area contributed by atoms with Crippen molar-refractivity contribution in [2.75, 3.05) is 13.2 Å². The molecule has 5 rings (SSSR count). The molecular weight excluding hydrogens is 470 g/mol. The molecule has 0 atom stereocenters. The number of benzene rings is 3. The van der Waals surface area contributed by atoms with Crippen LogP contribution < -0.4 is 9.47 Å². The first kappa shape index (κ1) is 24.4. The Labute approximate surface area is 218 Å². The summed E-state index contributed by atoms with van der Waals surface area (Å²) in [6, 6.07) is 24.9. The van der Waals surface area contributed by atoms with E-state index in [2.05, 4.69) is 58.9 Å². The number of imidazole rings is 1. The van der Waals surface area contributed by atoms with Crippen molar-refractivity contribution in [1.29, 1.82) is 0 Å². The lowest BCUT2D eigenvalue weighted by molar-refractivity contribution is 0.170. The van der Waals surface area contributed by atoms with Crippen molar-refractivity contribution in [3.63, 3.8) is 0 Å². The minimum absolute atomic E-state index is 0.592. The number of hydrogen-bond acceptors (Lipinski definition) is 4. The minimum atomic E-state index is 0.592. The summed E-state index contributed by atoms with van der Waals surface area (Å²) in [6.07, 6.45) is 4.26. The van der Waals surface area contributed by atoms with Crippen LogP contribution in [0.5, 0.6) is 11.5 Å². The molecule has 0 amide bonds. The highest BCUT2D eigenvalue weighted by atomic mass is 35.5. The van der Waals surface area contributed by atoms with E-state index in [0.29, 0.717) is 13.2 Å². The van der Waals surface area contributed by atoms with Crippen LogP contribution in [-0.2, 0) is 26.2 Å². The molecule has 0 bridgehead atoms. The van der Waals surface area contributed by atoms with E-state index in [1.807, 2.05) is 36.5 Å². The summed E-state index contributed by atoms with van der Waals surface area (Å²) in [5.74, 6) is 2.65. The number of aromatic nitrogens is 2. The van der Waals surface area contributed by atoms with E-state index in [4.69, 9.17) is 26.1 Å². The molecule has 4 aromatic rings. The molecule has 0 spiro atoms. The maximum Gasteiger partial charge on any atom is 0.161 e. The molecule has 3 aromatic carbocycles. The van der Waals surface area contributed by atoms with Crippen molar-refractivity contribution in [3.05, 3.63) is 101 Å². The summed E-state index contributed by atoms with van der Waals surface area (Å²) in [5.41, 5.74) is 4.78. The zero-order chi connectivity index (χ0) is 24.7. The second-order valence-corrected chi connectivity index (χ2v) is 9.63. The maximum atomic E-state index is 6.14. The molecule has 5 nitrogen and oxygen atoms in total. The first-order valence-electron chi connectivity index (χ1n) is 12.6. The molecule has 0 aliphatic carbocycles. The lowest BCUT2D eigenvalue weighted by Gasteiger charge is -2.25. The summed E-state index contributed by atoms with van der Waals surface area (Å²) in [5, 5.41) is 0.735. The van der Waals surface area contributed by atoms with Gasteiger partial charge in [0.15, 0.2) is 11.5 Å². The van der Waals surface area contributed by atoms with Gasteiger partial charge in [-0.3, -0.25) is 4.90 Å². The monoisotopic (exact) mass is 501 g/mol. The highest BCUT2D eigenvalue weighted by molar-refractivity contribution is 6.30. The van der Waals surface area contributed by atoms with Gasteiger partial charge >= 0.3 is 0 Å². The van der Waals surface area contributed by atoms with Gasteiger partial charge in [-0.15, -0.1) is 0 Å². The Hall–Kier alpha value is -3.28. The number of halogens is 1. The Balaban J connectivity index is 1.44. The summed E-state index contributed by atoms with van der Waals surface area (Å²) >= 11 is 6.14. The quantitative estimate of drug-likeness (QED) is 0.235. The standard InChI is InChI=1S/C30H32ClN3O2/c1-2-3-15-34-27(19-32-30(34)25-10-12-26(31)13-11-25)22-33(20-23-7-5-4-6-8-23)21-24-9-14-28-29(18-24)36-17-16-35-28/h4-14,18-19H,2-3,15-17,20-22H2,1H3. The van der Waals surface area contributed by atoms with Gasteiger partial charge in [-0.05, 0) is 53.9 Å². The summed E-state index contributed by atoms with van der Waals surface area (Å²) in [6.45, 7) is 6.77. The first-order chi connectivity index (χ1) is 17.7. The zero-order valence-corrected chi connectivity index (χ0v) is 21.5. The lowest BCUT2D eigenvalue weighted by Crippen LogP contribution is -2.24. The fourth-order valence-corrected chi connectivity index (χ4v) is 4.74. The SMILES string of the molecule is CCCCn1c(CN(Cc2ccccc2)Cc2ccc3c(c2)OCCO3)cnc1-c1ccc(Cl)cc1. The molecule has 0 unspecified atom stereocenters. The maximum absolute atomic E-state index is 6.14. The highest BCUT2D eigenvalue weighted by Crippen LogP contribution is 2.32. The molecule has 0 saturated carbocycles. The van der Waals surface area contributed by atoms with Crippen molar-refractivity contribution in [3.8, 4) is 22.9 Å². The van der Waals surface area contributed by atoms with Crippen LogP contribution in [0.1, 0.15) is 36.6 Å². The predicted molar refractivity (Wildman–Crippen MR) is 144 cm³/mol. The highest BCUT2D eigenvalue weighted by Gasteiger charge is 2.18. The van der Waals surface area contributed by atoms with Crippen LogP contribution in [0.15, 0.2) is 79.0 Å². The first-order valence-corrected chi connectivity index (χ1v) is 13.0. The molecule has 0 N–H and O–H groups in total. The van der Waals surface area contributed by atoms with Gasteiger partial charge < -0.3 is 14.0 Å². The van der Waals surface area contributed by atoms with Gasteiger partial charge in [0, 0.05) is 36.8 Å². The van der Waals surface area contributed by atoms with E-state index >= 15 is 0 Å². The molecule has 2 heterocycles. The molecular formula is C30H32ClN3O2. The fraction of sp³-hybridized carbons (Fsp3) is 0.300. The average molecular weight is 502 g/mol. The average Bonchev–Trinajstić information content (AvgIpc) is 3.30.